The molecule has 0 heterocycles. The predicted octanol–water partition coefficient (Wildman–Crippen LogP) is 5.63. The highest BCUT2D eigenvalue weighted by atomic mass is 32.2. The van der Waals surface area contributed by atoms with Crippen LogP contribution in [0, 0.1) is 20.8 Å². The fourth-order valence-corrected chi connectivity index (χ4v) is 6.09. The van der Waals surface area contributed by atoms with Crippen molar-refractivity contribution < 1.29 is 21.6 Å². The molecule has 0 saturated heterocycles. The van der Waals surface area contributed by atoms with Crippen molar-refractivity contribution in [2.75, 3.05) is 20.6 Å². The highest BCUT2D eigenvalue weighted by Crippen LogP contribution is 2.24. The zero-order valence-electron chi connectivity index (χ0n) is 22.7. The number of benzene rings is 4. The van der Waals surface area contributed by atoms with Crippen LogP contribution >= 0.6 is 0 Å². The lowest BCUT2D eigenvalue weighted by atomic mass is 10.1. The summed E-state index contributed by atoms with van der Waals surface area (Å²) in [6.07, 6.45) is 1.15. The average Bonchev–Trinajstić information content (AvgIpc) is 2.90. The second kappa shape index (κ2) is 11.5. The van der Waals surface area contributed by atoms with Crippen LogP contribution in [0.25, 0.3) is 0 Å². The summed E-state index contributed by atoms with van der Waals surface area (Å²) >= 11 is 0. The molecule has 0 spiro atoms. The van der Waals surface area contributed by atoms with Crippen LogP contribution in [0.5, 0.6) is 0 Å². The van der Waals surface area contributed by atoms with Crippen LogP contribution in [0.4, 0.5) is 17.1 Å². The molecule has 0 atom stereocenters. The molecule has 0 radical (unpaired) electrons. The Balaban J connectivity index is 1.46. The Morgan fingerprint density at radius 2 is 1.43 bits per heavy atom. The molecular weight excluding hydrogens is 546 g/mol. The summed E-state index contributed by atoms with van der Waals surface area (Å²) in [6.45, 7) is 5.80. The van der Waals surface area contributed by atoms with E-state index in [0.717, 1.165) is 28.5 Å². The molecule has 0 aromatic heterocycles. The quantitative estimate of drug-likeness (QED) is 0.268. The molecule has 4 aromatic rings. The third-order valence-corrected chi connectivity index (χ3v) is 8.97. The fourth-order valence-electron chi connectivity index (χ4n) is 4.09. The number of hydrogen-bond donors (Lipinski definition) is 2. The minimum Gasteiger partial charge on any atom is -0.322 e. The molecule has 0 saturated carbocycles. The van der Waals surface area contributed by atoms with Gasteiger partial charge in [0, 0.05) is 11.3 Å². The van der Waals surface area contributed by atoms with Gasteiger partial charge >= 0.3 is 0 Å². The predicted molar refractivity (Wildman–Crippen MR) is 160 cm³/mol. The number of aryl methyl sites for hydroxylation is 3. The minimum absolute atomic E-state index is 0.0604. The Kier molecular flexibility index (Phi) is 8.32. The first-order chi connectivity index (χ1) is 18.8. The van der Waals surface area contributed by atoms with Gasteiger partial charge < -0.3 is 5.32 Å². The second-order valence-corrected chi connectivity index (χ2v) is 13.2. The van der Waals surface area contributed by atoms with Crippen LogP contribution in [-0.2, 0) is 26.6 Å². The number of carbonyl (C=O) groups is 1. The highest BCUT2D eigenvalue weighted by Gasteiger charge is 2.20. The van der Waals surface area contributed by atoms with Gasteiger partial charge in [-0.2, -0.15) is 0 Å². The van der Waals surface area contributed by atoms with E-state index in [0.29, 0.717) is 22.6 Å². The van der Waals surface area contributed by atoms with Crippen LogP contribution in [0.2, 0.25) is 0 Å². The van der Waals surface area contributed by atoms with Crippen molar-refractivity contribution >= 4 is 43.0 Å². The van der Waals surface area contributed by atoms with Gasteiger partial charge in [-0.15, -0.1) is 0 Å². The molecule has 40 heavy (non-hydrogen) atoms. The van der Waals surface area contributed by atoms with Crippen molar-refractivity contribution in [2.24, 2.45) is 0 Å². The van der Waals surface area contributed by atoms with E-state index >= 15 is 0 Å². The number of sulfonamides is 2. The van der Waals surface area contributed by atoms with E-state index in [-0.39, 0.29) is 11.4 Å². The number of hydrogen-bond acceptors (Lipinski definition) is 5. The van der Waals surface area contributed by atoms with Crippen molar-refractivity contribution in [2.45, 2.75) is 32.2 Å². The normalized spacial score (nSPS) is 11.6. The molecule has 0 bridgehead atoms. The summed E-state index contributed by atoms with van der Waals surface area (Å²) in [4.78, 5) is 12.9. The summed E-state index contributed by atoms with van der Waals surface area (Å²) in [7, 11) is -7.39. The van der Waals surface area contributed by atoms with Crippen molar-refractivity contribution in [1.29, 1.82) is 0 Å². The standard InChI is InChI=1S/C30H31N3O5S2/c1-21-9-10-23(3)29(19-21)32-40(37,38)28-17-13-26(14-18-28)31-30(34)24-11-15-27(16-12-24)33(39(4,35)36)20-25-8-6-5-7-22(25)2/h5-19,32H,20H2,1-4H3,(H,31,34). The fraction of sp³-hybridized carbons (Fsp3) is 0.167. The van der Waals surface area contributed by atoms with Gasteiger partial charge in [-0.3, -0.25) is 13.8 Å². The van der Waals surface area contributed by atoms with E-state index in [1.54, 1.807) is 30.3 Å². The zero-order valence-corrected chi connectivity index (χ0v) is 24.3. The number of nitrogens with one attached hydrogen (secondary N) is 2. The number of anilines is 3. The van der Waals surface area contributed by atoms with Crippen LogP contribution in [0.3, 0.4) is 0 Å². The molecule has 0 aliphatic carbocycles. The lowest BCUT2D eigenvalue weighted by Gasteiger charge is -2.23. The Morgan fingerprint density at radius 3 is 2.05 bits per heavy atom. The second-order valence-electron chi connectivity index (χ2n) is 9.65. The van der Waals surface area contributed by atoms with Crippen molar-refractivity contribution in [3.05, 3.63) is 119 Å². The van der Waals surface area contributed by atoms with Crippen molar-refractivity contribution in [3.8, 4) is 0 Å². The molecule has 0 aliphatic heterocycles. The van der Waals surface area contributed by atoms with E-state index < -0.39 is 26.0 Å². The molecule has 0 aliphatic rings. The first-order valence-corrected chi connectivity index (χ1v) is 15.8. The summed E-state index contributed by atoms with van der Waals surface area (Å²) in [5, 5.41) is 2.74. The van der Waals surface area contributed by atoms with Crippen LogP contribution < -0.4 is 14.3 Å². The van der Waals surface area contributed by atoms with Crippen LogP contribution in [0.15, 0.2) is 95.9 Å². The van der Waals surface area contributed by atoms with Crippen molar-refractivity contribution in [1.82, 2.24) is 0 Å². The molecular formula is C30H31N3O5S2. The van der Waals surface area contributed by atoms with Crippen molar-refractivity contribution in [3.63, 3.8) is 0 Å². The van der Waals surface area contributed by atoms with E-state index in [2.05, 4.69) is 10.0 Å². The lowest BCUT2D eigenvalue weighted by Crippen LogP contribution is -2.29. The van der Waals surface area contributed by atoms with E-state index in [1.807, 2.05) is 57.2 Å². The van der Waals surface area contributed by atoms with E-state index in [4.69, 9.17) is 0 Å². The van der Waals surface area contributed by atoms with Gasteiger partial charge in [0.25, 0.3) is 15.9 Å². The summed E-state index contributed by atoms with van der Waals surface area (Å²) in [5.74, 6) is -0.416. The van der Waals surface area contributed by atoms with Gasteiger partial charge in [-0.05, 0) is 97.6 Å². The minimum atomic E-state index is -3.82. The van der Waals surface area contributed by atoms with Crippen LogP contribution in [-0.4, -0.2) is 29.0 Å². The molecule has 4 rings (SSSR count). The molecule has 8 nitrogen and oxygen atoms in total. The van der Waals surface area contributed by atoms with Gasteiger partial charge in [0.1, 0.15) is 0 Å². The van der Waals surface area contributed by atoms with E-state index in [9.17, 15) is 21.6 Å². The Morgan fingerprint density at radius 1 is 0.775 bits per heavy atom. The summed E-state index contributed by atoms with van der Waals surface area (Å²) in [6, 6.07) is 25.2. The maximum atomic E-state index is 12.9. The number of nitrogens with zero attached hydrogens (tertiary/aromatic N) is 1. The maximum absolute atomic E-state index is 12.9. The molecule has 208 valence electrons. The average molecular weight is 578 g/mol. The van der Waals surface area contributed by atoms with Gasteiger partial charge in [0.15, 0.2) is 0 Å². The summed E-state index contributed by atoms with van der Waals surface area (Å²) < 4.78 is 54.7. The SMILES string of the molecule is Cc1ccc(C)c(NS(=O)(=O)c2ccc(NC(=O)c3ccc(N(Cc4ccccc4C)S(C)(=O)=O)cc3)cc2)c1. The topological polar surface area (TPSA) is 113 Å². The van der Waals surface area contributed by atoms with E-state index in [1.165, 1.54) is 28.6 Å². The van der Waals surface area contributed by atoms with Gasteiger partial charge in [-0.25, -0.2) is 16.8 Å². The third-order valence-electron chi connectivity index (χ3n) is 6.45. The molecule has 2 N–H and O–H groups in total. The molecule has 0 fully saturated rings. The largest absolute Gasteiger partial charge is 0.322 e. The lowest BCUT2D eigenvalue weighted by molar-refractivity contribution is 0.102. The zero-order chi connectivity index (χ0) is 29.1. The molecule has 10 heteroatoms. The molecule has 0 unspecified atom stereocenters. The Bertz CT molecular complexity index is 1750. The number of amides is 1. The third kappa shape index (κ3) is 6.88. The number of rotatable bonds is 9. The Hall–Kier alpha value is -4.15. The first-order valence-electron chi connectivity index (χ1n) is 12.5. The smallest absolute Gasteiger partial charge is 0.261 e. The van der Waals surface area contributed by atoms with Crippen LogP contribution in [0.1, 0.15) is 32.6 Å². The number of carbonyl (C=O) groups excluding carboxylic acids is 1. The monoisotopic (exact) mass is 577 g/mol. The first kappa shape index (κ1) is 28.8. The molecule has 4 aromatic carbocycles. The summed E-state index contributed by atoms with van der Waals surface area (Å²) in [5.41, 5.74) is 5.28. The maximum Gasteiger partial charge on any atom is 0.261 e. The van der Waals surface area contributed by atoms with Gasteiger partial charge in [0.2, 0.25) is 10.0 Å². The van der Waals surface area contributed by atoms with Gasteiger partial charge in [0.05, 0.1) is 29.1 Å². The molecule has 1 amide bonds. The van der Waals surface area contributed by atoms with Gasteiger partial charge in [-0.1, -0.05) is 36.4 Å². The highest BCUT2D eigenvalue weighted by molar-refractivity contribution is 7.92. The Labute approximate surface area is 235 Å².